The maximum atomic E-state index is 12.2. The number of hydrogen-bond donors (Lipinski definition) is 1. The summed E-state index contributed by atoms with van der Waals surface area (Å²) in [6.07, 6.45) is -3.10. The fourth-order valence-electron chi connectivity index (χ4n) is 1.55. The largest absolute Gasteiger partial charge is 0.408 e. The van der Waals surface area contributed by atoms with Gasteiger partial charge in [0.15, 0.2) is 0 Å². The number of anilines is 1. The van der Waals surface area contributed by atoms with Crippen LogP contribution < -0.4 is 5.32 Å². The molecule has 114 valence electrons. The van der Waals surface area contributed by atoms with Gasteiger partial charge in [0.05, 0.1) is 0 Å². The predicted molar refractivity (Wildman–Crippen MR) is 69.3 cm³/mol. The van der Waals surface area contributed by atoms with Crippen LogP contribution >= 0.6 is 0 Å². The molecule has 1 N–H and O–H groups in total. The summed E-state index contributed by atoms with van der Waals surface area (Å²) in [6.45, 7) is 4.25. The van der Waals surface area contributed by atoms with Crippen molar-refractivity contribution in [2.24, 2.45) is 0 Å². The molecule has 8 heteroatoms. The van der Waals surface area contributed by atoms with Gasteiger partial charge in [-0.2, -0.15) is 18.3 Å². The molecule has 0 aliphatic rings. The predicted octanol–water partition coefficient (Wildman–Crippen LogP) is 2.11. The van der Waals surface area contributed by atoms with Crippen LogP contribution in [0.4, 0.5) is 19.0 Å². The van der Waals surface area contributed by atoms with Crippen molar-refractivity contribution in [3.8, 4) is 0 Å². The SMILES string of the molecule is CC(Nc1ccn(CC(F)(F)F)n1)C(=O)N(C)C(C)C. The molecule has 0 aliphatic carbocycles. The highest BCUT2D eigenvalue weighted by atomic mass is 19.4. The summed E-state index contributed by atoms with van der Waals surface area (Å²) >= 11 is 0. The van der Waals surface area contributed by atoms with Crippen LogP contribution in [0.3, 0.4) is 0 Å². The zero-order chi connectivity index (χ0) is 15.5. The van der Waals surface area contributed by atoms with Crippen molar-refractivity contribution in [2.45, 2.75) is 45.6 Å². The van der Waals surface area contributed by atoms with Gasteiger partial charge >= 0.3 is 6.18 Å². The molecule has 1 rings (SSSR count). The smallest absolute Gasteiger partial charge is 0.357 e. The third kappa shape index (κ3) is 4.75. The van der Waals surface area contributed by atoms with Gasteiger partial charge in [-0.3, -0.25) is 9.48 Å². The molecule has 5 nitrogen and oxygen atoms in total. The zero-order valence-electron chi connectivity index (χ0n) is 11.9. The Bertz CT molecular complexity index is 456. The Hall–Kier alpha value is -1.73. The Kier molecular flexibility index (Phi) is 5.02. The van der Waals surface area contributed by atoms with Crippen molar-refractivity contribution in [3.63, 3.8) is 0 Å². The lowest BCUT2D eigenvalue weighted by atomic mass is 10.2. The molecule has 1 aromatic heterocycles. The number of aromatic nitrogens is 2. The van der Waals surface area contributed by atoms with Crippen LogP contribution in [-0.4, -0.2) is 45.9 Å². The number of amides is 1. The van der Waals surface area contributed by atoms with E-state index in [0.717, 1.165) is 4.68 Å². The summed E-state index contributed by atoms with van der Waals surface area (Å²) in [5.74, 6) is 0.0950. The molecule has 0 saturated heterocycles. The average Bonchev–Trinajstić information content (AvgIpc) is 2.71. The number of hydrogen-bond acceptors (Lipinski definition) is 3. The van der Waals surface area contributed by atoms with E-state index in [0.29, 0.717) is 0 Å². The van der Waals surface area contributed by atoms with Crippen LogP contribution in [0.1, 0.15) is 20.8 Å². The lowest BCUT2D eigenvalue weighted by Crippen LogP contribution is -2.42. The first-order chi connectivity index (χ1) is 9.10. The Morgan fingerprint density at radius 1 is 1.45 bits per heavy atom. The zero-order valence-corrected chi connectivity index (χ0v) is 11.9. The van der Waals surface area contributed by atoms with Crippen LogP contribution in [0.25, 0.3) is 0 Å². The van der Waals surface area contributed by atoms with Crippen molar-refractivity contribution in [1.82, 2.24) is 14.7 Å². The van der Waals surface area contributed by atoms with Crippen molar-refractivity contribution >= 4 is 11.7 Å². The highest BCUT2D eigenvalue weighted by molar-refractivity contribution is 5.83. The van der Waals surface area contributed by atoms with Crippen molar-refractivity contribution in [2.75, 3.05) is 12.4 Å². The molecule has 1 heterocycles. The van der Waals surface area contributed by atoms with E-state index in [9.17, 15) is 18.0 Å². The number of carbonyl (C=O) groups excluding carboxylic acids is 1. The minimum Gasteiger partial charge on any atom is -0.357 e. The molecule has 1 atom stereocenters. The lowest BCUT2D eigenvalue weighted by Gasteiger charge is -2.25. The number of alkyl halides is 3. The van der Waals surface area contributed by atoms with E-state index in [-0.39, 0.29) is 17.8 Å². The van der Waals surface area contributed by atoms with Crippen molar-refractivity contribution in [1.29, 1.82) is 0 Å². The highest BCUT2D eigenvalue weighted by Gasteiger charge is 2.28. The van der Waals surface area contributed by atoms with E-state index in [1.807, 2.05) is 13.8 Å². The summed E-state index contributed by atoms with van der Waals surface area (Å²) in [5, 5.41) is 6.53. The van der Waals surface area contributed by atoms with E-state index in [4.69, 9.17) is 0 Å². The number of likely N-dealkylation sites (N-methyl/N-ethyl adjacent to an activating group) is 1. The number of nitrogens with zero attached hydrogens (tertiary/aromatic N) is 3. The van der Waals surface area contributed by atoms with E-state index < -0.39 is 18.8 Å². The van der Waals surface area contributed by atoms with E-state index in [1.165, 1.54) is 12.3 Å². The fraction of sp³-hybridized carbons (Fsp3) is 0.667. The summed E-state index contributed by atoms with van der Waals surface area (Å²) in [5.41, 5.74) is 0. The molecule has 0 radical (unpaired) electrons. The Morgan fingerprint density at radius 3 is 2.55 bits per heavy atom. The molecular weight excluding hydrogens is 273 g/mol. The minimum absolute atomic E-state index is 0.0505. The maximum absolute atomic E-state index is 12.2. The van der Waals surface area contributed by atoms with Crippen LogP contribution in [0.2, 0.25) is 0 Å². The topological polar surface area (TPSA) is 50.2 Å². The summed E-state index contributed by atoms with van der Waals surface area (Å²) in [7, 11) is 1.67. The summed E-state index contributed by atoms with van der Waals surface area (Å²) < 4.78 is 37.4. The van der Waals surface area contributed by atoms with Gasteiger partial charge in [0.25, 0.3) is 0 Å². The standard InChI is InChI=1S/C12H19F3N4O/c1-8(2)18(4)11(20)9(3)16-10-5-6-19(17-10)7-12(13,14)15/h5-6,8-9H,7H2,1-4H3,(H,16,17). The first-order valence-electron chi connectivity index (χ1n) is 6.23. The molecule has 0 bridgehead atoms. The Morgan fingerprint density at radius 2 is 2.05 bits per heavy atom. The molecule has 20 heavy (non-hydrogen) atoms. The second-order valence-electron chi connectivity index (χ2n) is 4.92. The number of carbonyl (C=O) groups is 1. The minimum atomic E-state index is -4.32. The van der Waals surface area contributed by atoms with Crippen LogP contribution in [-0.2, 0) is 11.3 Å². The Labute approximate surface area is 115 Å². The molecule has 0 spiro atoms. The van der Waals surface area contributed by atoms with Crippen molar-refractivity contribution in [3.05, 3.63) is 12.3 Å². The van der Waals surface area contributed by atoms with Crippen LogP contribution in [0.5, 0.6) is 0 Å². The molecule has 0 fully saturated rings. The van der Waals surface area contributed by atoms with Gasteiger partial charge in [-0.05, 0) is 20.8 Å². The fourth-order valence-corrected chi connectivity index (χ4v) is 1.55. The van der Waals surface area contributed by atoms with Crippen molar-refractivity contribution < 1.29 is 18.0 Å². The third-order valence-electron chi connectivity index (χ3n) is 2.84. The second-order valence-corrected chi connectivity index (χ2v) is 4.92. The average molecular weight is 292 g/mol. The second kappa shape index (κ2) is 6.15. The normalized spacial score (nSPS) is 13.4. The molecule has 0 aromatic carbocycles. The summed E-state index contributed by atoms with van der Waals surface area (Å²) in [4.78, 5) is 13.5. The molecular formula is C12H19F3N4O. The van der Waals surface area contributed by atoms with E-state index >= 15 is 0 Å². The van der Waals surface area contributed by atoms with Gasteiger partial charge < -0.3 is 10.2 Å². The van der Waals surface area contributed by atoms with Gasteiger partial charge in [0.2, 0.25) is 5.91 Å². The number of halogens is 3. The van der Waals surface area contributed by atoms with Crippen LogP contribution in [0, 0.1) is 0 Å². The number of nitrogens with one attached hydrogen (secondary N) is 1. The number of rotatable bonds is 5. The first-order valence-corrected chi connectivity index (χ1v) is 6.23. The van der Waals surface area contributed by atoms with Gasteiger partial charge in [0.1, 0.15) is 18.4 Å². The molecule has 0 aliphatic heterocycles. The Balaban J connectivity index is 2.63. The van der Waals surface area contributed by atoms with Crippen LogP contribution in [0.15, 0.2) is 12.3 Å². The van der Waals surface area contributed by atoms with Gasteiger partial charge in [-0.25, -0.2) is 0 Å². The molecule has 1 aromatic rings. The van der Waals surface area contributed by atoms with E-state index in [1.54, 1.807) is 18.9 Å². The quantitative estimate of drug-likeness (QED) is 0.904. The summed E-state index contributed by atoms with van der Waals surface area (Å²) in [6, 6.07) is 0.899. The molecule has 0 saturated carbocycles. The van der Waals surface area contributed by atoms with Gasteiger partial charge in [-0.15, -0.1) is 0 Å². The third-order valence-corrected chi connectivity index (χ3v) is 2.84. The molecule has 1 unspecified atom stereocenters. The van der Waals surface area contributed by atoms with Gasteiger partial charge in [0, 0.05) is 25.4 Å². The van der Waals surface area contributed by atoms with E-state index in [2.05, 4.69) is 10.4 Å². The van der Waals surface area contributed by atoms with Gasteiger partial charge in [-0.1, -0.05) is 0 Å². The monoisotopic (exact) mass is 292 g/mol. The molecule has 1 amide bonds. The highest BCUT2D eigenvalue weighted by Crippen LogP contribution is 2.17. The first kappa shape index (κ1) is 16.3. The maximum Gasteiger partial charge on any atom is 0.408 e. The lowest BCUT2D eigenvalue weighted by molar-refractivity contribution is -0.142.